The van der Waals surface area contributed by atoms with Gasteiger partial charge in [-0.25, -0.2) is 4.79 Å². The van der Waals surface area contributed by atoms with Gasteiger partial charge >= 0.3 is 5.97 Å². The minimum atomic E-state index is -0.665. The molecule has 1 aromatic carbocycles. The van der Waals surface area contributed by atoms with Crippen LogP contribution in [0.5, 0.6) is 0 Å². The largest absolute Gasteiger partial charge is 0.467 e. The highest BCUT2D eigenvalue weighted by Crippen LogP contribution is 2.04. The van der Waals surface area contributed by atoms with Crippen LogP contribution in [0.4, 0.5) is 0 Å². The summed E-state index contributed by atoms with van der Waals surface area (Å²) in [7, 11) is 1.28. The van der Waals surface area contributed by atoms with Gasteiger partial charge in [0.2, 0.25) is 0 Å². The molecule has 3 N–H and O–H groups in total. The standard InChI is InChI=1S/C12H16N2O3.ClH/c1-8(12(16)17-2)14-11(15)10-5-3-9(7-13)4-6-10;/h3-6,8H,7,13H2,1-2H3,(H,14,15);1H. The zero-order valence-corrected chi connectivity index (χ0v) is 11.1. The molecule has 0 heterocycles. The van der Waals surface area contributed by atoms with E-state index < -0.39 is 12.0 Å². The summed E-state index contributed by atoms with van der Waals surface area (Å²) in [6, 6.07) is 6.22. The van der Waals surface area contributed by atoms with E-state index in [1.165, 1.54) is 7.11 Å². The van der Waals surface area contributed by atoms with Crippen molar-refractivity contribution in [1.82, 2.24) is 5.32 Å². The second kappa shape index (κ2) is 7.68. The van der Waals surface area contributed by atoms with Crippen molar-refractivity contribution in [3.05, 3.63) is 35.4 Å². The highest BCUT2D eigenvalue weighted by atomic mass is 35.5. The van der Waals surface area contributed by atoms with Crippen molar-refractivity contribution < 1.29 is 14.3 Å². The Morgan fingerprint density at radius 1 is 1.33 bits per heavy atom. The SMILES string of the molecule is COC(=O)C(C)NC(=O)c1ccc(CN)cc1.Cl. The molecular formula is C12H17ClN2O3. The van der Waals surface area contributed by atoms with Crippen molar-refractivity contribution in [2.75, 3.05) is 7.11 Å². The molecule has 18 heavy (non-hydrogen) atoms. The average molecular weight is 273 g/mol. The van der Waals surface area contributed by atoms with E-state index in [0.717, 1.165) is 5.56 Å². The van der Waals surface area contributed by atoms with Crippen molar-refractivity contribution in [2.45, 2.75) is 19.5 Å². The number of carbonyl (C=O) groups is 2. The number of nitrogens with two attached hydrogens (primary N) is 1. The number of halogens is 1. The first-order chi connectivity index (χ1) is 8.08. The number of esters is 1. The molecule has 1 unspecified atom stereocenters. The Balaban J connectivity index is 0.00000289. The molecule has 1 atom stereocenters. The topological polar surface area (TPSA) is 81.4 Å². The lowest BCUT2D eigenvalue weighted by molar-refractivity contribution is -0.142. The number of methoxy groups -OCH3 is 1. The molecule has 1 aromatic rings. The van der Waals surface area contributed by atoms with E-state index in [1.54, 1.807) is 31.2 Å². The van der Waals surface area contributed by atoms with Crippen LogP contribution in [0.2, 0.25) is 0 Å². The Bertz CT molecular complexity index is 406. The minimum absolute atomic E-state index is 0. The van der Waals surface area contributed by atoms with Crippen LogP contribution in [-0.4, -0.2) is 25.0 Å². The molecule has 0 bridgehead atoms. The van der Waals surface area contributed by atoms with Crippen molar-refractivity contribution in [2.24, 2.45) is 5.73 Å². The van der Waals surface area contributed by atoms with Gasteiger partial charge < -0.3 is 15.8 Å². The summed E-state index contributed by atoms with van der Waals surface area (Å²) in [6.45, 7) is 2.00. The number of ether oxygens (including phenoxy) is 1. The minimum Gasteiger partial charge on any atom is -0.467 e. The normalized spacial score (nSPS) is 11.1. The van der Waals surface area contributed by atoms with E-state index in [4.69, 9.17) is 5.73 Å². The maximum atomic E-state index is 11.7. The molecule has 0 spiro atoms. The number of rotatable bonds is 4. The second-order valence-corrected chi connectivity index (χ2v) is 3.62. The lowest BCUT2D eigenvalue weighted by atomic mass is 10.1. The Labute approximate surface area is 112 Å². The summed E-state index contributed by atoms with van der Waals surface area (Å²) in [4.78, 5) is 22.9. The van der Waals surface area contributed by atoms with Crippen molar-refractivity contribution >= 4 is 24.3 Å². The summed E-state index contributed by atoms with van der Waals surface area (Å²) in [6.07, 6.45) is 0. The molecule has 0 saturated carbocycles. The fourth-order valence-electron chi connectivity index (χ4n) is 1.31. The molecule has 100 valence electrons. The predicted molar refractivity (Wildman–Crippen MR) is 70.5 cm³/mol. The first kappa shape index (κ1) is 16.4. The summed E-state index contributed by atoms with van der Waals surface area (Å²) >= 11 is 0. The Kier molecular flexibility index (Phi) is 7.00. The maximum absolute atomic E-state index is 11.7. The summed E-state index contributed by atoms with van der Waals surface area (Å²) in [5.74, 6) is -0.789. The van der Waals surface area contributed by atoms with Gasteiger partial charge in [-0.1, -0.05) is 12.1 Å². The van der Waals surface area contributed by atoms with Crippen molar-refractivity contribution in [3.63, 3.8) is 0 Å². The van der Waals surface area contributed by atoms with Gasteiger partial charge in [0, 0.05) is 12.1 Å². The number of hydrogen-bond donors (Lipinski definition) is 2. The molecule has 0 aromatic heterocycles. The highest BCUT2D eigenvalue weighted by molar-refractivity contribution is 5.96. The van der Waals surface area contributed by atoms with Gasteiger partial charge in [0.25, 0.3) is 5.91 Å². The molecule has 0 aliphatic carbocycles. The third-order valence-electron chi connectivity index (χ3n) is 2.35. The van der Waals surface area contributed by atoms with Crippen LogP contribution in [0, 0.1) is 0 Å². The average Bonchev–Trinajstić information content (AvgIpc) is 2.37. The lowest BCUT2D eigenvalue weighted by Gasteiger charge is -2.11. The fraction of sp³-hybridized carbons (Fsp3) is 0.333. The quantitative estimate of drug-likeness (QED) is 0.797. The third kappa shape index (κ3) is 4.35. The smallest absolute Gasteiger partial charge is 0.328 e. The van der Waals surface area contributed by atoms with Crippen LogP contribution in [-0.2, 0) is 16.1 Å². The molecule has 6 heteroatoms. The monoisotopic (exact) mass is 272 g/mol. The molecule has 1 rings (SSSR count). The number of nitrogens with one attached hydrogen (secondary N) is 1. The van der Waals surface area contributed by atoms with Gasteiger partial charge in [0.05, 0.1) is 7.11 Å². The molecule has 0 radical (unpaired) electrons. The van der Waals surface area contributed by atoms with E-state index in [1.807, 2.05) is 0 Å². The zero-order chi connectivity index (χ0) is 12.8. The van der Waals surface area contributed by atoms with E-state index in [0.29, 0.717) is 12.1 Å². The number of benzene rings is 1. The van der Waals surface area contributed by atoms with E-state index in [-0.39, 0.29) is 18.3 Å². The van der Waals surface area contributed by atoms with Gasteiger partial charge in [0.15, 0.2) is 0 Å². The lowest BCUT2D eigenvalue weighted by Crippen LogP contribution is -2.39. The van der Waals surface area contributed by atoms with E-state index in [2.05, 4.69) is 10.1 Å². The zero-order valence-electron chi connectivity index (χ0n) is 10.3. The van der Waals surface area contributed by atoms with Gasteiger partial charge in [-0.2, -0.15) is 0 Å². The van der Waals surface area contributed by atoms with Crippen LogP contribution in [0.25, 0.3) is 0 Å². The number of carbonyl (C=O) groups excluding carboxylic acids is 2. The Morgan fingerprint density at radius 2 is 1.89 bits per heavy atom. The predicted octanol–water partition coefficient (Wildman–Crippen LogP) is 0.858. The molecule has 0 aliphatic heterocycles. The Hall–Kier alpha value is -1.59. The number of amides is 1. The van der Waals surface area contributed by atoms with Gasteiger partial charge in [0.1, 0.15) is 6.04 Å². The first-order valence-corrected chi connectivity index (χ1v) is 5.26. The molecule has 0 fully saturated rings. The van der Waals surface area contributed by atoms with Crippen LogP contribution in [0.15, 0.2) is 24.3 Å². The molecular weight excluding hydrogens is 256 g/mol. The van der Waals surface area contributed by atoms with Crippen LogP contribution in [0.1, 0.15) is 22.8 Å². The van der Waals surface area contributed by atoms with Gasteiger partial charge in [-0.15, -0.1) is 12.4 Å². The van der Waals surface area contributed by atoms with E-state index in [9.17, 15) is 9.59 Å². The molecule has 0 aliphatic rings. The molecule has 1 amide bonds. The second-order valence-electron chi connectivity index (χ2n) is 3.62. The van der Waals surface area contributed by atoms with E-state index >= 15 is 0 Å². The third-order valence-corrected chi connectivity index (χ3v) is 2.35. The van der Waals surface area contributed by atoms with Crippen LogP contribution in [0.3, 0.4) is 0 Å². The fourth-order valence-corrected chi connectivity index (χ4v) is 1.31. The maximum Gasteiger partial charge on any atom is 0.328 e. The molecule has 0 saturated heterocycles. The van der Waals surface area contributed by atoms with Crippen molar-refractivity contribution in [3.8, 4) is 0 Å². The Morgan fingerprint density at radius 3 is 2.33 bits per heavy atom. The highest BCUT2D eigenvalue weighted by Gasteiger charge is 2.16. The van der Waals surface area contributed by atoms with Crippen LogP contribution < -0.4 is 11.1 Å². The first-order valence-electron chi connectivity index (χ1n) is 5.26. The summed E-state index contributed by atoms with van der Waals surface area (Å²) in [5.41, 5.74) is 6.88. The van der Waals surface area contributed by atoms with Gasteiger partial charge in [-0.3, -0.25) is 4.79 Å². The summed E-state index contributed by atoms with van der Waals surface area (Å²) in [5, 5.41) is 2.54. The molecule has 5 nitrogen and oxygen atoms in total. The number of hydrogen-bond acceptors (Lipinski definition) is 4. The summed E-state index contributed by atoms with van der Waals surface area (Å²) < 4.78 is 4.52. The van der Waals surface area contributed by atoms with Gasteiger partial charge in [-0.05, 0) is 24.6 Å². The van der Waals surface area contributed by atoms with Crippen LogP contribution >= 0.6 is 12.4 Å². The van der Waals surface area contributed by atoms with Crippen molar-refractivity contribution in [1.29, 1.82) is 0 Å².